The van der Waals surface area contributed by atoms with E-state index in [-0.39, 0.29) is 11.4 Å². The minimum atomic E-state index is -0.595. The second kappa shape index (κ2) is 6.66. The van der Waals surface area contributed by atoms with E-state index in [0.717, 1.165) is 5.57 Å². The predicted molar refractivity (Wildman–Crippen MR) is 86.0 cm³/mol. The number of nitriles is 1. The van der Waals surface area contributed by atoms with Gasteiger partial charge >= 0.3 is 11.8 Å². The highest BCUT2D eigenvalue weighted by Gasteiger charge is 2.28. The minimum Gasteiger partial charge on any atom is -0.444 e. The SMILES string of the molecule is CC(C)(C)OC(=O)N1CC=C(c2ccnc(C#N)c2[N+](=O)[O-])CC1. The Morgan fingerprint density at radius 3 is 2.71 bits per heavy atom. The van der Waals surface area contributed by atoms with E-state index in [1.165, 1.54) is 17.2 Å². The average Bonchev–Trinajstić information content (AvgIpc) is 2.52. The van der Waals surface area contributed by atoms with Gasteiger partial charge in [0.25, 0.3) is 0 Å². The van der Waals surface area contributed by atoms with Gasteiger partial charge in [0.1, 0.15) is 11.7 Å². The minimum absolute atomic E-state index is 0.215. The maximum absolute atomic E-state index is 12.0. The van der Waals surface area contributed by atoms with Crippen LogP contribution in [0.2, 0.25) is 0 Å². The van der Waals surface area contributed by atoms with Gasteiger partial charge in [0.2, 0.25) is 5.69 Å². The largest absolute Gasteiger partial charge is 0.444 e. The maximum Gasteiger partial charge on any atom is 0.410 e. The molecule has 0 aromatic carbocycles. The summed E-state index contributed by atoms with van der Waals surface area (Å²) >= 11 is 0. The first-order valence-electron chi connectivity index (χ1n) is 7.44. The maximum atomic E-state index is 12.0. The third kappa shape index (κ3) is 3.87. The zero-order valence-corrected chi connectivity index (χ0v) is 13.8. The van der Waals surface area contributed by atoms with Gasteiger partial charge in [-0.1, -0.05) is 6.08 Å². The summed E-state index contributed by atoms with van der Waals surface area (Å²) in [6.07, 6.45) is 3.15. The van der Waals surface area contributed by atoms with Crippen LogP contribution in [-0.4, -0.2) is 39.6 Å². The molecule has 8 nitrogen and oxygen atoms in total. The first-order valence-corrected chi connectivity index (χ1v) is 7.44. The highest BCUT2D eigenvalue weighted by Crippen LogP contribution is 2.31. The number of ether oxygens (including phenoxy) is 1. The quantitative estimate of drug-likeness (QED) is 0.609. The van der Waals surface area contributed by atoms with Gasteiger partial charge in [-0.3, -0.25) is 10.1 Å². The second-order valence-corrected chi connectivity index (χ2v) is 6.33. The number of carbonyl (C=O) groups excluding carboxylic acids is 1. The highest BCUT2D eigenvalue weighted by molar-refractivity contribution is 5.77. The van der Waals surface area contributed by atoms with Crippen molar-refractivity contribution >= 4 is 17.4 Å². The molecule has 0 unspecified atom stereocenters. The number of hydrogen-bond acceptors (Lipinski definition) is 6. The molecule has 2 heterocycles. The van der Waals surface area contributed by atoms with Gasteiger partial charge in [-0.05, 0) is 38.8 Å². The molecular weight excluding hydrogens is 312 g/mol. The molecule has 0 aliphatic carbocycles. The Morgan fingerprint density at radius 2 is 2.21 bits per heavy atom. The van der Waals surface area contributed by atoms with E-state index < -0.39 is 16.6 Å². The lowest BCUT2D eigenvalue weighted by Crippen LogP contribution is -2.39. The molecule has 0 saturated carbocycles. The third-order valence-corrected chi connectivity index (χ3v) is 3.42. The standard InChI is InChI=1S/C16H18N4O4/c1-16(2,3)24-15(21)19-8-5-11(6-9-19)12-4-7-18-13(10-17)14(12)20(22)23/h4-5,7H,6,8-9H2,1-3H3. The van der Waals surface area contributed by atoms with Crippen LogP contribution in [0.3, 0.4) is 0 Å². The van der Waals surface area contributed by atoms with Crippen molar-refractivity contribution in [3.63, 3.8) is 0 Å². The van der Waals surface area contributed by atoms with E-state index in [1.54, 1.807) is 32.9 Å². The Labute approximate surface area is 139 Å². The number of aromatic nitrogens is 1. The average molecular weight is 330 g/mol. The lowest BCUT2D eigenvalue weighted by Gasteiger charge is -2.29. The first-order chi connectivity index (χ1) is 11.2. The molecule has 1 aromatic rings. The van der Waals surface area contributed by atoms with Crippen LogP contribution in [0, 0.1) is 21.4 Å². The van der Waals surface area contributed by atoms with E-state index in [9.17, 15) is 14.9 Å². The van der Waals surface area contributed by atoms with Crippen LogP contribution in [0.5, 0.6) is 0 Å². The lowest BCUT2D eigenvalue weighted by molar-refractivity contribution is -0.385. The number of nitrogens with zero attached hydrogens (tertiary/aromatic N) is 4. The fourth-order valence-electron chi connectivity index (χ4n) is 2.39. The molecule has 1 aliphatic rings. The summed E-state index contributed by atoms with van der Waals surface area (Å²) in [5.41, 5.74) is 0.00729. The molecule has 0 bridgehead atoms. The number of nitro groups is 1. The molecule has 8 heteroatoms. The molecule has 0 radical (unpaired) electrons. The number of amides is 1. The molecule has 2 rings (SSSR count). The Balaban J connectivity index is 2.24. The summed E-state index contributed by atoms with van der Waals surface area (Å²) in [5.74, 6) is 0. The van der Waals surface area contributed by atoms with Crippen molar-refractivity contribution in [1.29, 1.82) is 5.26 Å². The van der Waals surface area contributed by atoms with Crippen LogP contribution in [0.1, 0.15) is 38.4 Å². The second-order valence-electron chi connectivity index (χ2n) is 6.33. The molecule has 24 heavy (non-hydrogen) atoms. The number of hydrogen-bond donors (Lipinski definition) is 0. The fraction of sp³-hybridized carbons (Fsp3) is 0.438. The third-order valence-electron chi connectivity index (χ3n) is 3.42. The van der Waals surface area contributed by atoms with E-state index in [0.29, 0.717) is 25.1 Å². The topological polar surface area (TPSA) is 109 Å². The van der Waals surface area contributed by atoms with Crippen molar-refractivity contribution in [2.75, 3.05) is 13.1 Å². The normalized spacial score (nSPS) is 14.6. The number of rotatable bonds is 2. The Hall–Kier alpha value is -2.95. The van der Waals surface area contributed by atoms with Crippen molar-refractivity contribution in [2.45, 2.75) is 32.8 Å². The van der Waals surface area contributed by atoms with Gasteiger partial charge in [0.05, 0.1) is 10.5 Å². The predicted octanol–water partition coefficient (Wildman–Crippen LogP) is 2.89. The van der Waals surface area contributed by atoms with E-state index >= 15 is 0 Å². The molecule has 1 aromatic heterocycles. The van der Waals surface area contributed by atoms with Crippen LogP contribution in [0.15, 0.2) is 18.3 Å². The monoisotopic (exact) mass is 330 g/mol. The molecule has 1 aliphatic heterocycles. The van der Waals surface area contributed by atoms with Gasteiger partial charge in [-0.2, -0.15) is 5.26 Å². The van der Waals surface area contributed by atoms with E-state index in [4.69, 9.17) is 10.00 Å². The van der Waals surface area contributed by atoms with Crippen molar-refractivity contribution < 1.29 is 14.5 Å². The molecule has 0 N–H and O–H groups in total. The fourth-order valence-corrected chi connectivity index (χ4v) is 2.39. The van der Waals surface area contributed by atoms with Gasteiger partial charge in [0.15, 0.2) is 0 Å². The molecule has 0 saturated heterocycles. The highest BCUT2D eigenvalue weighted by atomic mass is 16.6. The first kappa shape index (κ1) is 17.4. The molecule has 0 fully saturated rings. The van der Waals surface area contributed by atoms with Crippen molar-refractivity contribution in [3.8, 4) is 6.07 Å². The van der Waals surface area contributed by atoms with Crippen LogP contribution in [0.25, 0.3) is 5.57 Å². The summed E-state index contributed by atoms with van der Waals surface area (Å²) in [5, 5.41) is 20.3. The van der Waals surface area contributed by atoms with Crippen molar-refractivity contribution in [3.05, 3.63) is 39.7 Å². The molecule has 0 atom stereocenters. The van der Waals surface area contributed by atoms with Crippen molar-refractivity contribution in [1.82, 2.24) is 9.88 Å². The Kier molecular flexibility index (Phi) is 4.83. The zero-order valence-electron chi connectivity index (χ0n) is 13.8. The van der Waals surface area contributed by atoms with Crippen LogP contribution >= 0.6 is 0 Å². The van der Waals surface area contributed by atoms with Gasteiger partial charge in [0, 0.05) is 19.3 Å². The number of carbonyl (C=O) groups is 1. The summed E-state index contributed by atoms with van der Waals surface area (Å²) in [4.78, 5) is 28.0. The molecule has 126 valence electrons. The van der Waals surface area contributed by atoms with Crippen LogP contribution < -0.4 is 0 Å². The van der Waals surface area contributed by atoms with Crippen LogP contribution in [0.4, 0.5) is 10.5 Å². The molecule has 1 amide bonds. The lowest BCUT2D eigenvalue weighted by atomic mass is 9.98. The van der Waals surface area contributed by atoms with Crippen LogP contribution in [-0.2, 0) is 4.74 Å². The van der Waals surface area contributed by atoms with Crippen molar-refractivity contribution in [2.24, 2.45) is 0 Å². The number of pyridine rings is 1. The summed E-state index contributed by atoms with van der Waals surface area (Å²) in [6.45, 7) is 6.06. The molecule has 0 spiro atoms. The smallest absolute Gasteiger partial charge is 0.410 e. The summed E-state index contributed by atoms with van der Waals surface area (Å²) < 4.78 is 5.31. The van der Waals surface area contributed by atoms with Gasteiger partial charge in [-0.15, -0.1) is 0 Å². The van der Waals surface area contributed by atoms with E-state index in [2.05, 4.69) is 4.98 Å². The Morgan fingerprint density at radius 1 is 1.50 bits per heavy atom. The summed E-state index contributed by atoms with van der Waals surface area (Å²) in [6, 6.07) is 3.27. The zero-order chi connectivity index (χ0) is 17.9. The summed E-state index contributed by atoms with van der Waals surface area (Å²) in [7, 11) is 0. The van der Waals surface area contributed by atoms with E-state index in [1.807, 2.05) is 0 Å². The van der Waals surface area contributed by atoms with Gasteiger partial charge in [-0.25, -0.2) is 9.78 Å². The van der Waals surface area contributed by atoms with Gasteiger partial charge < -0.3 is 9.64 Å². The Bertz CT molecular complexity index is 743. The molecular formula is C16H18N4O4.